The first-order chi connectivity index (χ1) is 6.34. The molecule has 2 aliphatic heterocycles. The quantitative estimate of drug-likeness (QED) is 0.656. The van der Waals surface area contributed by atoms with Gasteiger partial charge in [-0.15, -0.1) is 0 Å². The van der Waals surface area contributed by atoms with Crippen molar-refractivity contribution in [3.63, 3.8) is 0 Å². The number of thioether (sulfide) groups is 1. The highest BCUT2D eigenvalue weighted by molar-refractivity contribution is 8.00. The van der Waals surface area contributed by atoms with Gasteiger partial charge < -0.3 is 10.6 Å². The first-order valence-electron chi connectivity index (χ1n) is 5.01. The van der Waals surface area contributed by atoms with E-state index in [1.54, 1.807) is 0 Å². The third-order valence-electron chi connectivity index (χ3n) is 2.44. The van der Waals surface area contributed by atoms with Crippen LogP contribution in [0.3, 0.4) is 0 Å². The second kappa shape index (κ2) is 4.22. The molecule has 0 radical (unpaired) electrons. The number of rotatable bonds is 1. The number of nitrogens with zero attached hydrogens (tertiary/aromatic N) is 1. The van der Waals surface area contributed by atoms with Gasteiger partial charge >= 0.3 is 0 Å². The zero-order chi connectivity index (χ0) is 9.10. The van der Waals surface area contributed by atoms with E-state index in [9.17, 15) is 0 Å². The number of nitrogens with one attached hydrogen (secondary N) is 2. The van der Waals surface area contributed by atoms with Gasteiger partial charge in [-0.2, -0.15) is 11.8 Å². The third kappa shape index (κ3) is 2.53. The van der Waals surface area contributed by atoms with Gasteiger partial charge in [0.2, 0.25) is 0 Å². The van der Waals surface area contributed by atoms with E-state index in [1.807, 2.05) is 11.8 Å². The molecule has 74 valence electrons. The van der Waals surface area contributed by atoms with Crippen molar-refractivity contribution < 1.29 is 0 Å². The van der Waals surface area contributed by atoms with Crippen LogP contribution in [0.25, 0.3) is 0 Å². The van der Waals surface area contributed by atoms with Crippen molar-refractivity contribution in [2.24, 2.45) is 4.99 Å². The molecule has 0 aromatic heterocycles. The van der Waals surface area contributed by atoms with E-state index < -0.39 is 0 Å². The fourth-order valence-corrected chi connectivity index (χ4v) is 2.89. The fourth-order valence-electron chi connectivity index (χ4n) is 1.74. The smallest absolute Gasteiger partial charge is 0.191 e. The maximum absolute atomic E-state index is 4.40. The molecule has 1 fully saturated rings. The van der Waals surface area contributed by atoms with Gasteiger partial charge in [-0.3, -0.25) is 4.99 Å². The van der Waals surface area contributed by atoms with Gasteiger partial charge in [0.25, 0.3) is 0 Å². The maximum atomic E-state index is 4.40. The van der Waals surface area contributed by atoms with Crippen molar-refractivity contribution in [1.29, 1.82) is 0 Å². The minimum Gasteiger partial charge on any atom is -0.356 e. The lowest BCUT2D eigenvalue weighted by Gasteiger charge is -2.19. The minimum absolute atomic E-state index is 0.629. The monoisotopic (exact) mass is 199 g/mol. The van der Waals surface area contributed by atoms with Gasteiger partial charge in [0, 0.05) is 30.1 Å². The van der Waals surface area contributed by atoms with Crippen molar-refractivity contribution in [3.8, 4) is 0 Å². The summed E-state index contributed by atoms with van der Waals surface area (Å²) < 4.78 is 0. The van der Waals surface area contributed by atoms with E-state index in [0.29, 0.717) is 6.04 Å². The molecular formula is C9H17N3S. The minimum atomic E-state index is 0.629. The molecule has 1 saturated heterocycles. The van der Waals surface area contributed by atoms with Crippen molar-refractivity contribution in [2.45, 2.75) is 31.1 Å². The normalized spacial score (nSPS) is 33.8. The van der Waals surface area contributed by atoms with E-state index in [-0.39, 0.29) is 0 Å². The zero-order valence-corrected chi connectivity index (χ0v) is 8.86. The molecule has 2 unspecified atom stereocenters. The Balaban J connectivity index is 1.80. The standard InChI is InChI=1S/C9H17N3S/c1-7-5-8(6-13-7)12-9-10-3-2-4-11-9/h7-8H,2-6H2,1H3,(H2,10,11,12). The summed E-state index contributed by atoms with van der Waals surface area (Å²) in [4.78, 5) is 4.40. The van der Waals surface area contributed by atoms with E-state index in [2.05, 4.69) is 22.5 Å². The van der Waals surface area contributed by atoms with Crippen LogP contribution in [0.2, 0.25) is 0 Å². The van der Waals surface area contributed by atoms with Gasteiger partial charge in [0.05, 0.1) is 0 Å². The van der Waals surface area contributed by atoms with E-state index in [0.717, 1.165) is 24.3 Å². The lowest BCUT2D eigenvalue weighted by Crippen LogP contribution is -2.45. The summed E-state index contributed by atoms with van der Waals surface area (Å²) in [5, 5.41) is 7.56. The third-order valence-corrected chi connectivity index (χ3v) is 3.79. The van der Waals surface area contributed by atoms with Crippen LogP contribution in [-0.2, 0) is 0 Å². The number of guanidine groups is 1. The van der Waals surface area contributed by atoms with Gasteiger partial charge in [0.1, 0.15) is 0 Å². The van der Waals surface area contributed by atoms with Crippen LogP contribution in [0.5, 0.6) is 0 Å². The predicted octanol–water partition coefficient (Wildman–Crippen LogP) is 0.819. The molecule has 2 rings (SSSR count). The number of hydrogen-bond donors (Lipinski definition) is 2. The summed E-state index contributed by atoms with van der Waals surface area (Å²) in [6.45, 7) is 4.34. The molecule has 0 aromatic rings. The topological polar surface area (TPSA) is 36.4 Å². The lowest BCUT2D eigenvalue weighted by molar-refractivity contribution is 0.608. The molecule has 4 heteroatoms. The molecule has 2 atom stereocenters. The van der Waals surface area contributed by atoms with Gasteiger partial charge in [-0.25, -0.2) is 0 Å². The Hall–Kier alpha value is -0.380. The Morgan fingerprint density at radius 3 is 3.15 bits per heavy atom. The van der Waals surface area contributed by atoms with Crippen molar-refractivity contribution in [1.82, 2.24) is 10.6 Å². The van der Waals surface area contributed by atoms with Crippen molar-refractivity contribution in [3.05, 3.63) is 0 Å². The average molecular weight is 199 g/mol. The summed E-state index contributed by atoms with van der Waals surface area (Å²) >= 11 is 2.05. The van der Waals surface area contributed by atoms with Crippen molar-refractivity contribution in [2.75, 3.05) is 18.8 Å². The molecular weight excluding hydrogens is 182 g/mol. The second-order valence-electron chi connectivity index (χ2n) is 3.73. The Labute approximate surface area is 83.8 Å². The van der Waals surface area contributed by atoms with Crippen LogP contribution in [-0.4, -0.2) is 36.1 Å². The average Bonchev–Trinajstić information content (AvgIpc) is 2.53. The summed E-state index contributed by atoms with van der Waals surface area (Å²) in [6, 6.07) is 0.629. The Bertz CT molecular complexity index is 205. The van der Waals surface area contributed by atoms with Crippen LogP contribution in [0.1, 0.15) is 19.8 Å². The number of aliphatic imine (C=N–C) groups is 1. The van der Waals surface area contributed by atoms with Crippen LogP contribution in [0.15, 0.2) is 4.99 Å². The Kier molecular flexibility index (Phi) is 2.98. The molecule has 2 heterocycles. The highest BCUT2D eigenvalue weighted by Gasteiger charge is 2.22. The molecule has 13 heavy (non-hydrogen) atoms. The fraction of sp³-hybridized carbons (Fsp3) is 0.889. The molecule has 0 aromatic carbocycles. The number of hydrogen-bond acceptors (Lipinski definition) is 4. The predicted molar refractivity (Wildman–Crippen MR) is 58.4 cm³/mol. The van der Waals surface area contributed by atoms with E-state index in [4.69, 9.17) is 0 Å². The summed E-state index contributed by atoms with van der Waals surface area (Å²) in [7, 11) is 0. The highest BCUT2D eigenvalue weighted by atomic mass is 32.2. The molecule has 0 bridgehead atoms. The first kappa shape index (κ1) is 9.19. The Morgan fingerprint density at radius 2 is 2.54 bits per heavy atom. The van der Waals surface area contributed by atoms with Crippen LogP contribution >= 0.6 is 11.8 Å². The molecule has 0 spiro atoms. The SMILES string of the molecule is CC1CC(NC2=NCCCN2)CS1. The molecule has 0 saturated carbocycles. The van der Waals surface area contributed by atoms with Crippen LogP contribution in [0, 0.1) is 0 Å². The van der Waals surface area contributed by atoms with Crippen LogP contribution < -0.4 is 10.6 Å². The molecule has 0 aliphatic carbocycles. The van der Waals surface area contributed by atoms with E-state index in [1.165, 1.54) is 18.6 Å². The maximum Gasteiger partial charge on any atom is 0.191 e. The summed E-state index contributed by atoms with van der Waals surface area (Å²) in [5.74, 6) is 2.24. The van der Waals surface area contributed by atoms with Gasteiger partial charge in [-0.1, -0.05) is 6.92 Å². The van der Waals surface area contributed by atoms with E-state index >= 15 is 0 Å². The zero-order valence-electron chi connectivity index (χ0n) is 8.05. The molecule has 3 nitrogen and oxygen atoms in total. The summed E-state index contributed by atoms with van der Waals surface area (Å²) in [6.07, 6.45) is 2.44. The highest BCUT2D eigenvalue weighted by Crippen LogP contribution is 2.25. The lowest BCUT2D eigenvalue weighted by atomic mass is 10.2. The largest absolute Gasteiger partial charge is 0.356 e. The second-order valence-corrected chi connectivity index (χ2v) is 5.20. The molecule has 2 aliphatic rings. The van der Waals surface area contributed by atoms with Gasteiger partial charge in [-0.05, 0) is 12.8 Å². The Morgan fingerprint density at radius 1 is 1.62 bits per heavy atom. The van der Waals surface area contributed by atoms with Crippen molar-refractivity contribution >= 4 is 17.7 Å². The first-order valence-corrected chi connectivity index (χ1v) is 6.06. The van der Waals surface area contributed by atoms with Crippen LogP contribution in [0.4, 0.5) is 0 Å². The summed E-state index contributed by atoms with van der Waals surface area (Å²) in [5.41, 5.74) is 0. The van der Waals surface area contributed by atoms with Gasteiger partial charge in [0.15, 0.2) is 5.96 Å². The molecule has 2 N–H and O–H groups in total. The molecule has 0 amide bonds.